The van der Waals surface area contributed by atoms with Crippen molar-refractivity contribution in [2.75, 3.05) is 5.32 Å². The second kappa shape index (κ2) is 3.61. The predicted molar refractivity (Wildman–Crippen MR) is 54.7 cm³/mol. The lowest BCUT2D eigenvalue weighted by Crippen LogP contribution is -1.95. The second-order valence-corrected chi connectivity index (χ2v) is 3.21. The molecule has 3 N–H and O–H groups in total. The SMILES string of the molecule is Cc1cc(O)ccc1Nc1n[nH]cc1F. The number of nitrogens with one attached hydrogen (secondary N) is 2. The summed E-state index contributed by atoms with van der Waals surface area (Å²) in [4.78, 5) is 0. The van der Waals surface area contributed by atoms with Crippen molar-refractivity contribution in [2.24, 2.45) is 0 Å². The zero-order valence-electron chi connectivity index (χ0n) is 8.08. The molecule has 0 unspecified atom stereocenters. The molecule has 15 heavy (non-hydrogen) atoms. The monoisotopic (exact) mass is 207 g/mol. The first-order chi connectivity index (χ1) is 7.16. The molecule has 0 saturated heterocycles. The van der Waals surface area contributed by atoms with Gasteiger partial charge in [-0.05, 0) is 30.7 Å². The fourth-order valence-electron chi connectivity index (χ4n) is 1.28. The number of benzene rings is 1. The number of hydrogen-bond acceptors (Lipinski definition) is 3. The molecule has 0 fully saturated rings. The normalized spacial score (nSPS) is 10.3. The topological polar surface area (TPSA) is 60.9 Å². The van der Waals surface area contributed by atoms with Gasteiger partial charge in [0.1, 0.15) is 5.75 Å². The van der Waals surface area contributed by atoms with Crippen molar-refractivity contribution in [3.8, 4) is 5.75 Å². The van der Waals surface area contributed by atoms with E-state index in [0.29, 0.717) is 5.69 Å². The van der Waals surface area contributed by atoms with Crippen molar-refractivity contribution in [3.63, 3.8) is 0 Å². The smallest absolute Gasteiger partial charge is 0.188 e. The summed E-state index contributed by atoms with van der Waals surface area (Å²) in [6.07, 6.45) is 1.16. The van der Waals surface area contributed by atoms with Gasteiger partial charge in [0.2, 0.25) is 0 Å². The third-order valence-corrected chi connectivity index (χ3v) is 2.06. The molecule has 0 aliphatic heterocycles. The van der Waals surface area contributed by atoms with Crippen LogP contribution in [0.15, 0.2) is 24.4 Å². The van der Waals surface area contributed by atoms with Gasteiger partial charge in [0.05, 0.1) is 6.20 Å². The third kappa shape index (κ3) is 1.90. The molecule has 0 aliphatic rings. The maximum Gasteiger partial charge on any atom is 0.188 e. The Morgan fingerprint density at radius 3 is 2.87 bits per heavy atom. The zero-order chi connectivity index (χ0) is 10.8. The highest BCUT2D eigenvalue weighted by atomic mass is 19.1. The van der Waals surface area contributed by atoms with Crippen LogP contribution in [-0.2, 0) is 0 Å². The van der Waals surface area contributed by atoms with Gasteiger partial charge >= 0.3 is 0 Å². The highest BCUT2D eigenvalue weighted by Gasteiger charge is 2.06. The number of halogens is 1. The minimum absolute atomic E-state index is 0.142. The Bertz CT molecular complexity index is 481. The number of aromatic hydroxyl groups is 1. The number of nitrogens with zero attached hydrogens (tertiary/aromatic N) is 1. The third-order valence-electron chi connectivity index (χ3n) is 2.06. The standard InChI is InChI=1S/C10H10FN3O/c1-6-4-7(15)2-3-9(6)13-10-8(11)5-12-14-10/h2-5,15H,1H3,(H2,12,13,14). The van der Waals surface area contributed by atoms with Crippen LogP contribution in [0.1, 0.15) is 5.56 Å². The maximum atomic E-state index is 13.0. The first-order valence-electron chi connectivity index (χ1n) is 4.43. The van der Waals surface area contributed by atoms with E-state index < -0.39 is 5.82 Å². The quantitative estimate of drug-likeness (QED) is 0.662. The first kappa shape index (κ1) is 9.51. The largest absolute Gasteiger partial charge is 0.508 e. The average Bonchev–Trinajstić information content (AvgIpc) is 2.57. The van der Waals surface area contributed by atoms with Crippen LogP contribution >= 0.6 is 0 Å². The highest BCUT2D eigenvalue weighted by Crippen LogP contribution is 2.23. The molecule has 2 aromatic rings. The number of phenols is 1. The maximum absolute atomic E-state index is 13.0. The summed E-state index contributed by atoms with van der Waals surface area (Å²) >= 11 is 0. The van der Waals surface area contributed by atoms with E-state index >= 15 is 0 Å². The molecule has 78 valence electrons. The summed E-state index contributed by atoms with van der Waals surface area (Å²) < 4.78 is 13.0. The van der Waals surface area contributed by atoms with E-state index in [1.54, 1.807) is 12.1 Å². The van der Waals surface area contributed by atoms with Crippen molar-refractivity contribution in [3.05, 3.63) is 35.8 Å². The fraction of sp³-hybridized carbons (Fsp3) is 0.100. The number of aryl methyl sites for hydroxylation is 1. The molecule has 0 amide bonds. The Kier molecular flexibility index (Phi) is 2.29. The Hall–Kier alpha value is -2.04. The van der Waals surface area contributed by atoms with Gasteiger partial charge in [-0.3, -0.25) is 5.10 Å². The van der Waals surface area contributed by atoms with Crippen LogP contribution in [0.5, 0.6) is 5.75 Å². The molecule has 4 nitrogen and oxygen atoms in total. The van der Waals surface area contributed by atoms with Crippen LogP contribution in [0.3, 0.4) is 0 Å². The van der Waals surface area contributed by atoms with E-state index in [1.165, 1.54) is 6.07 Å². The lowest BCUT2D eigenvalue weighted by Gasteiger charge is -2.06. The number of rotatable bonds is 2. The molecule has 5 heteroatoms. The van der Waals surface area contributed by atoms with Crippen LogP contribution in [0, 0.1) is 12.7 Å². The van der Waals surface area contributed by atoms with Gasteiger partial charge in [-0.1, -0.05) is 0 Å². The van der Waals surface area contributed by atoms with Gasteiger partial charge in [-0.25, -0.2) is 4.39 Å². The Balaban J connectivity index is 2.29. The van der Waals surface area contributed by atoms with Gasteiger partial charge < -0.3 is 10.4 Å². The second-order valence-electron chi connectivity index (χ2n) is 3.21. The molecule has 0 bridgehead atoms. The van der Waals surface area contributed by atoms with Gasteiger partial charge in [0, 0.05) is 5.69 Å². The van der Waals surface area contributed by atoms with Gasteiger partial charge in [0.15, 0.2) is 11.6 Å². The summed E-state index contributed by atoms with van der Waals surface area (Å²) in [6.45, 7) is 1.81. The number of aromatic nitrogens is 2. The molecule has 1 aromatic carbocycles. The number of phenolic OH excluding ortho intramolecular Hbond substituents is 1. The minimum atomic E-state index is -0.442. The summed E-state index contributed by atoms with van der Waals surface area (Å²) in [5, 5.41) is 18.1. The average molecular weight is 207 g/mol. The number of H-pyrrole nitrogens is 1. The Morgan fingerprint density at radius 1 is 1.47 bits per heavy atom. The molecular weight excluding hydrogens is 197 g/mol. The fourth-order valence-corrected chi connectivity index (χ4v) is 1.28. The Labute approximate surface area is 85.8 Å². The summed E-state index contributed by atoms with van der Waals surface area (Å²) in [5.74, 6) is -0.119. The molecule has 2 rings (SSSR count). The highest BCUT2D eigenvalue weighted by molar-refractivity contribution is 5.61. The lowest BCUT2D eigenvalue weighted by molar-refractivity contribution is 0.475. The molecule has 0 radical (unpaired) electrons. The van der Waals surface area contributed by atoms with E-state index in [-0.39, 0.29) is 11.6 Å². The van der Waals surface area contributed by atoms with Gasteiger partial charge in [-0.15, -0.1) is 0 Å². The van der Waals surface area contributed by atoms with Crippen molar-refractivity contribution in [2.45, 2.75) is 6.92 Å². The van der Waals surface area contributed by atoms with Gasteiger partial charge in [-0.2, -0.15) is 5.10 Å². The van der Waals surface area contributed by atoms with Crippen molar-refractivity contribution in [1.82, 2.24) is 10.2 Å². The molecule has 0 spiro atoms. The van der Waals surface area contributed by atoms with E-state index in [0.717, 1.165) is 11.8 Å². The predicted octanol–water partition coefficient (Wildman–Crippen LogP) is 2.31. The summed E-state index contributed by atoms with van der Waals surface area (Å²) in [6, 6.07) is 4.78. The van der Waals surface area contributed by atoms with E-state index in [1.807, 2.05) is 6.92 Å². The zero-order valence-corrected chi connectivity index (χ0v) is 8.08. The van der Waals surface area contributed by atoms with Crippen molar-refractivity contribution in [1.29, 1.82) is 0 Å². The van der Waals surface area contributed by atoms with E-state index in [9.17, 15) is 9.50 Å². The van der Waals surface area contributed by atoms with Crippen LogP contribution in [0.4, 0.5) is 15.9 Å². The molecule has 0 saturated carbocycles. The van der Waals surface area contributed by atoms with Crippen molar-refractivity contribution >= 4 is 11.5 Å². The summed E-state index contributed by atoms with van der Waals surface area (Å²) in [5.41, 5.74) is 1.52. The molecular formula is C10H10FN3O. The summed E-state index contributed by atoms with van der Waals surface area (Å²) in [7, 11) is 0. The molecule has 0 aliphatic carbocycles. The van der Waals surface area contributed by atoms with Crippen LogP contribution in [-0.4, -0.2) is 15.3 Å². The first-order valence-corrected chi connectivity index (χ1v) is 4.43. The number of hydrogen-bond donors (Lipinski definition) is 3. The molecule has 0 atom stereocenters. The number of aromatic amines is 1. The van der Waals surface area contributed by atoms with E-state index in [2.05, 4.69) is 15.5 Å². The molecule has 1 aromatic heterocycles. The number of anilines is 2. The van der Waals surface area contributed by atoms with Crippen LogP contribution in [0.2, 0.25) is 0 Å². The Morgan fingerprint density at radius 2 is 2.27 bits per heavy atom. The van der Waals surface area contributed by atoms with Gasteiger partial charge in [0.25, 0.3) is 0 Å². The van der Waals surface area contributed by atoms with Crippen LogP contribution < -0.4 is 5.32 Å². The molecule has 1 heterocycles. The minimum Gasteiger partial charge on any atom is -0.508 e. The van der Waals surface area contributed by atoms with Crippen molar-refractivity contribution < 1.29 is 9.50 Å². The lowest BCUT2D eigenvalue weighted by atomic mass is 10.2. The van der Waals surface area contributed by atoms with Crippen LogP contribution in [0.25, 0.3) is 0 Å². The van der Waals surface area contributed by atoms with E-state index in [4.69, 9.17) is 0 Å².